The minimum absolute atomic E-state index is 0.120. The van der Waals surface area contributed by atoms with Gasteiger partial charge in [-0.05, 0) is 32.0 Å². The number of hydrogen-bond acceptors (Lipinski definition) is 8. The Morgan fingerprint density at radius 3 is 2.52 bits per heavy atom. The summed E-state index contributed by atoms with van der Waals surface area (Å²) in [6.07, 6.45) is 3.58. The van der Waals surface area contributed by atoms with E-state index in [1.54, 1.807) is 6.20 Å². The van der Waals surface area contributed by atoms with Crippen LogP contribution < -0.4 is 16.4 Å². The lowest BCUT2D eigenvalue weighted by atomic mass is 10.0. The number of fused-ring (bicyclic) bond motifs is 1. The third-order valence-corrected chi connectivity index (χ3v) is 4.72. The number of imidazole rings is 1. The number of rotatable bonds is 7. The molecule has 10 heteroatoms. The number of nitrogens with two attached hydrogens (primary N) is 1. The molecular weight excluding hydrogens is 396 g/mol. The third-order valence-electron chi connectivity index (χ3n) is 4.72. The number of aromatic nitrogens is 4. The van der Waals surface area contributed by atoms with Gasteiger partial charge in [-0.15, -0.1) is 0 Å². The van der Waals surface area contributed by atoms with E-state index in [4.69, 9.17) is 10.7 Å². The van der Waals surface area contributed by atoms with Gasteiger partial charge in [0.2, 0.25) is 11.8 Å². The third kappa shape index (κ3) is 4.37. The van der Waals surface area contributed by atoms with Crippen LogP contribution in [0, 0.1) is 24.0 Å². The molecule has 0 bridgehead atoms. The van der Waals surface area contributed by atoms with E-state index in [0.29, 0.717) is 24.9 Å². The average Bonchev–Trinajstić information content (AvgIpc) is 3.19. The molecule has 0 atom stereocenters. The molecule has 3 aromatic heterocycles. The molecule has 0 amide bonds. The summed E-state index contributed by atoms with van der Waals surface area (Å²) in [5, 5.41) is 17.2. The van der Waals surface area contributed by atoms with Crippen molar-refractivity contribution in [3.05, 3.63) is 70.0 Å². The molecule has 0 fully saturated rings. The zero-order valence-corrected chi connectivity index (χ0v) is 17.2. The zero-order chi connectivity index (χ0) is 22.0. The van der Waals surface area contributed by atoms with Crippen molar-refractivity contribution in [1.29, 1.82) is 0 Å². The number of benzene rings is 1. The van der Waals surface area contributed by atoms with Crippen LogP contribution in [0.15, 0.2) is 48.8 Å². The fraction of sp³-hybridized carbons (Fsp3) is 0.190. The van der Waals surface area contributed by atoms with Gasteiger partial charge in [0.15, 0.2) is 0 Å². The first-order valence-corrected chi connectivity index (χ1v) is 9.72. The van der Waals surface area contributed by atoms with E-state index in [1.807, 2.05) is 16.7 Å². The fourth-order valence-corrected chi connectivity index (χ4v) is 3.40. The van der Waals surface area contributed by atoms with Crippen molar-refractivity contribution in [3.8, 4) is 11.3 Å². The Balaban J connectivity index is 1.49. The molecule has 0 unspecified atom stereocenters. The summed E-state index contributed by atoms with van der Waals surface area (Å²) >= 11 is 0. The topological polar surface area (TPSA) is 136 Å². The van der Waals surface area contributed by atoms with Gasteiger partial charge in [-0.25, -0.2) is 15.0 Å². The maximum absolute atomic E-state index is 10.8. The summed E-state index contributed by atoms with van der Waals surface area (Å²) in [5.74, 6) is 1.02. The lowest BCUT2D eigenvalue weighted by Crippen LogP contribution is -2.17. The minimum Gasteiger partial charge on any atom is -0.378 e. The van der Waals surface area contributed by atoms with E-state index in [0.717, 1.165) is 16.9 Å². The summed E-state index contributed by atoms with van der Waals surface area (Å²) in [6, 6.07) is 11.2. The Morgan fingerprint density at radius 1 is 1.06 bits per heavy atom. The van der Waals surface area contributed by atoms with Gasteiger partial charge in [-0.3, -0.25) is 14.5 Å². The van der Waals surface area contributed by atoms with Crippen molar-refractivity contribution in [2.45, 2.75) is 13.8 Å². The van der Waals surface area contributed by atoms with Crippen molar-refractivity contribution in [1.82, 2.24) is 19.4 Å². The summed E-state index contributed by atoms with van der Waals surface area (Å²) in [4.78, 5) is 23.5. The van der Waals surface area contributed by atoms with Crippen LogP contribution in [0.4, 0.5) is 23.3 Å². The predicted octanol–water partition coefficient (Wildman–Crippen LogP) is 3.42. The van der Waals surface area contributed by atoms with Crippen LogP contribution in [0.1, 0.15) is 11.1 Å². The molecule has 0 radical (unpaired) electrons. The second-order valence-electron chi connectivity index (χ2n) is 7.21. The first-order chi connectivity index (χ1) is 14.9. The van der Waals surface area contributed by atoms with E-state index >= 15 is 0 Å². The van der Waals surface area contributed by atoms with Crippen LogP contribution in [-0.2, 0) is 0 Å². The molecule has 10 nitrogen and oxygen atoms in total. The van der Waals surface area contributed by atoms with Crippen LogP contribution in [0.25, 0.3) is 16.9 Å². The molecule has 0 aliphatic heterocycles. The Bertz CT molecular complexity index is 1250. The molecule has 31 heavy (non-hydrogen) atoms. The highest BCUT2D eigenvalue weighted by atomic mass is 16.6. The Hall–Kier alpha value is -4.21. The Kier molecular flexibility index (Phi) is 5.35. The van der Waals surface area contributed by atoms with Crippen molar-refractivity contribution in [3.63, 3.8) is 0 Å². The van der Waals surface area contributed by atoms with Crippen LogP contribution >= 0.6 is 0 Å². The average molecular weight is 418 g/mol. The van der Waals surface area contributed by atoms with Gasteiger partial charge in [-0.2, -0.15) is 0 Å². The molecule has 0 spiro atoms. The normalized spacial score (nSPS) is 10.9. The van der Waals surface area contributed by atoms with E-state index in [-0.39, 0.29) is 11.5 Å². The van der Waals surface area contributed by atoms with Crippen molar-refractivity contribution >= 4 is 28.9 Å². The highest BCUT2D eigenvalue weighted by Crippen LogP contribution is 2.24. The van der Waals surface area contributed by atoms with E-state index in [1.165, 1.54) is 23.3 Å². The van der Waals surface area contributed by atoms with E-state index in [2.05, 4.69) is 52.6 Å². The fourth-order valence-electron chi connectivity index (χ4n) is 3.40. The number of nitrogens with zero attached hydrogens (tertiary/aromatic N) is 5. The Labute approximate surface area is 178 Å². The summed E-state index contributed by atoms with van der Waals surface area (Å²) in [6.45, 7) is 5.17. The molecule has 4 N–H and O–H groups in total. The molecule has 0 aliphatic carbocycles. The zero-order valence-electron chi connectivity index (χ0n) is 17.2. The molecule has 4 aromatic rings. The van der Waals surface area contributed by atoms with Crippen molar-refractivity contribution in [2.75, 3.05) is 29.5 Å². The lowest BCUT2D eigenvalue weighted by molar-refractivity contribution is -0.384. The molecule has 3 heterocycles. The first kappa shape index (κ1) is 20.1. The van der Waals surface area contributed by atoms with Gasteiger partial charge < -0.3 is 16.4 Å². The largest absolute Gasteiger partial charge is 0.378 e. The molecule has 0 saturated carbocycles. The molecular formula is C21H22N8O2. The first-order valence-electron chi connectivity index (χ1n) is 9.72. The van der Waals surface area contributed by atoms with Crippen LogP contribution in [0.3, 0.4) is 0 Å². The van der Waals surface area contributed by atoms with E-state index < -0.39 is 4.92 Å². The van der Waals surface area contributed by atoms with Gasteiger partial charge in [0, 0.05) is 43.2 Å². The number of aryl methyl sites for hydroxylation is 2. The molecule has 158 valence electrons. The van der Waals surface area contributed by atoms with Gasteiger partial charge in [0.05, 0.1) is 10.6 Å². The van der Waals surface area contributed by atoms with E-state index in [9.17, 15) is 10.1 Å². The summed E-state index contributed by atoms with van der Waals surface area (Å²) < 4.78 is 1.88. The molecule has 0 aliphatic rings. The minimum atomic E-state index is -0.557. The second-order valence-corrected chi connectivity index (χ2v) is 7.21. The maximum atomic E-state index is 10.8. The lowest BCUT2D eigenvalue weighted by Gasteiger charge is -2.12. The molecule has 4 rings (SSSR count). The molecule has 0 saturated heterocycles. The van der Waals surface area contributed by atoms with Gasteiger partial charge in [-0.1, -0.05) is 17.2 Å². The van der Waals surface area contributed by atoms with Gasteiger partial charge in [0.1, 0.15) is 11.5 Å². The number of pyridine rings is 1. The number of hydrogen-bond donors (Lipinski definition) is 3. The number of nitrogens with one attached hydrogen (secondary N) is 2. The highest BCUT2D eigenvalue weighted by molar-refractivity contribution is 5.67. The van der Waals surface area contributed by atoms with Crippen molar-refractivity contribution < 1.29 is 4.92 Å². The maximum Gasteiger partial charge on any atom is 0.311 e. The summed E-state index contributed by atoms with van der Waals surface area (Å²) in [5.41, 5.74) is 10.4. The monoisotopic (exact) mass is 418 g/mol. The number of nitrogen functional groups attached to an aromatic ring is 1. The predicted molar refractivity (Wildman–Crippen MR) is 120 cm³/mol. The molecule has 1 aromatic carbocycles. The van der Waals surface area contributed by atoms with Crippen LogP contribution in [0.5, 0.6) is 0 Å². The van der Waals surface area contributed by atoms with Crippen LogP contribution in [-0.4, -0.2) is 37.4 Å². The highest BCUT2D eigenvalue weighted by Gasteiger charge is 2.13. The van der Waals surface area contributed by atoms with Gasteiger partial charge in [0.25, 0.3) is 0 Å². The van der Waals surface area contributed by atoms with Gasteiger partial charge >= 0.3 is 5.69 Å². The number of anilines is 3. The standard InChI is InChI=1S/C21H22N8O2/c1-13-9-14(2)11-15(10-13)16-12-19-24-7-8-28(19)21(26-16)25-6-5-23-18-4-3-17(29(30)31)20(22)27-18/h3-4,7-12H,5-6H2,1-2H3,(H,25,26)(H3,22,23,27). The summed E-state index contributed by atoms with van der Waals surface area (Å²) in [7, 11) is 0. The number of nitro groups is 1. The quantitative estimate of drug-likeness (QED) is 0.236. The SMILES string of the molecule is Cc1cc(C)cc(-c2cc3nccn3c(NCCNc3ccc([N+](=O)[O-])c(N)n3)n2)c1. The van der Waals surface area contributed by atoms with Crippen LogP contribution in [0.2, 0.25) is 0 Å². The Morgan fingerprint density at radius 2 is 1.81 bits per heavy atom. The smallest absolute Gasteiger partial charge is 0.311 e. The second kappa shape index (κ2) is 8.27. The van der Waals surface area contributed by atoms with Crippen molar-refractivity contribution in [2.24, 2.45) is 0 Å².